The van der Waals surface area contributed by atoms with Crippen LogP contribution in [0.2, 0.25) is 4.34 Å². The number of rotatable bonds is 3. The van der Waals surface area contributed by atoms with E-state index >= 15 is 0 Å². The van der Waals surface area contributed by atoms with Gasteiger partial charge in [0.25, 0.3) is 0 Å². The third-order valence-electron chi connectivity index (χ3n) is 2.86. The predicted molar refractivity (Wildman–Crippen MR) is 76.2 cm³/mol. The van der Waals surface area contributed by atoms with Gasteiger partial charge in [0, 0.05) is 16.7 Å². The topological polar surface area (TPSA) is 39.2 Å². The van der Waals surface area contributed by atoms with Crippen molar-refractivity contribution in [1.82, 2.24) is 0 Å². The zero-order valence-electron chi connectivity index (χ0n) is 9.60. The van der Waals surface area contributed by atoms with E-state index in [-0.39, 0.29) is 6.04 Å². The number of thiophene rings is 1. The van der Waals surface area contributed by atoms with Crippen molar-refractivity contribution in [2.75, 3.05) is 0 Å². The first-order valence-electron chi connectivity index (χ1n) is 5.70. The molecule has 1 atom stereocenters. The van der Waals surface area contributed by atoms with Gasteiger partial charge < -0.3 is 10.2 Å². The van der Waals surface area contributed by atoms with E-state index in [1.807, 2.05) is 42.5 Å². The smallest absolute Gasteiger partial charge is 0.134 e. The fourth-order valence-electron chi connectivity index (χ4n) is 1.96. The molecule has 0 aliphatic heterocycles. The first-order valence-corrected chi connectivity index (χ1v) is 6.90. The van der Waals surface area contributed by atoms with Crippen molar-refractivity contribution in [3.8, 4) is 0 Å². The molecule has 1 unspecified atom stereocenters. The van der Waals surface area contributed by atoms with Crippen molar-refractivity contribution < 1.29 is 4.42 Å². The summed E-state index contributed by atoms with van der Waals surface area (Å²) < 4.78 is 6.55. The van der Waals surface area contributed by atoms with Gasteiger partial charge in [-0.3, -0.25) is 0 Å². The van der Waals surface area contributed by atoms with Gasteiger partial charge in [-0.1, -0.05) is 29.8 Å². The molecule has 2 N–H and O–H groups in total. The number of nitrogens with two attached hydrogens (primary N) is 1. The lowest BCUT2D eigenvalue weighted by Gasteiger charge is -2.06. The molecular formula is C14H12ClNOS. The van der Waals surface area contributed by atoms with Crippen LogP contribution in [0.25, 0.3) is 11.0 Å². The minimum absolute atomic E-state index is 0.132. The summed E-state index contributed by atoms with van der Waals surface area (Å²) in [6.45, 7) is 0. The molecule has 0 aliphatic carbocycles. The van der Waals surface area contributed by atoms with E-state index in [2.05, 4.69) is 0 Å². The summed E-state index contributed by atoms with van der Waals surface area (Å²) in [6.07, 6.45) is 0.747. The lowest BCUT2D eigenvalue weighted by molar-refractivity contribution is 0.495. The highest BCUT2D eigenvalue weighted by Crippen LogP contribution is 2.28. The van der Waals surface area contributed by atoms with Crippen LogP contribution in [0.4, 0.5) is 0 Å². The molecule has 2 nitrogen and oxygen atoms in total. The first-order chi connectivity index (χ1) is 8.72. The largest absolute Gasteiger partial charge is 0.459 e. The zero-order valence-corrected chi connectivity index (χ0v) is 11.2. The van der Waals surface area contributed by atoms with Crippen LogP contribution in [0.1, 0.15) is 16.7 Å². The van der Waals surface area contributed by atoms with Gasteiger partial charge in [0.1, 0.15) is 11.3 Å². The van der Waals surface area contributed by atoms with Crippen LogP contribution in [0.5, 0.6) is 0 Å². The lowest BCUT2D eigenvalue weighted by Crippen LogP contribution is -2.11. The summed E-state index contributed by atoms with van der Waals surface area (Å²) >= 11 is 7.47. The fourth-order valence-corrected chi connectivity index (χ4v) is 3.11. The molecule has 2 heterocycles. The standard InChI is InChI=1S/C14H12ClNOS/c15-14-6-5-10(18-14)8-11(16)13-7-9-3-1-2-4-12(9)17-13/h1-7,11H,8,16H2. The lowest BCUT2D eigenvalue weighted by atomic mass is 10.1. The number of para-hydroxylation sites is 1. The molecule has 0 saturated carbocycles. The van der Waals surface area contributed by atoms with Gasteiger partial charge in [-0.05, 0) is 24.3 Å². The molecule has 18 heavy (non-hydrogen) atoms. The summed E-state index contributed by atoms with van der Waals surface area (Å²) in [7, 11) is 0. The molecule has 3 rings (SSSR count). The Bertz CT molecular complexity index is 640. The molecule has 3 aromatic rings. The van der Waals surface area contributed by atoms with Gasteiger partial charge in [0.05, 0.1) is 10.4 Å². The van der Waals surface area contributed by atoms with Crippen LogP contribution in [0.15, 0.2) is 46.9 Å². The highest BCUT2D eigenvalue weighted by Gasteiger charge is 2.13. The quantitative estimate of drug-likeness (QED) is 0.771. The Morgan fingerprint density at radius 2 is 2.06 bits per heavy atom. The third kappa shape index (κ3) is 2.29. The summed E-state index contributed by atoms with van der Waals surface area (Å²) in [5, 5.41) is 1.09. The number of hydrogen-bond acceptors (Lipinski definition) is 3. The highest BCUT2D eigenvalue weighted by atomic mass is 35.5. The van der Waals surface area contributed by atoms with Crippen LogP contribution >= 0.6 is 22.9 Å². The predicted octanol–water partition coefficient (Wildman–Crippen LogP) is 4.39. The van der Waals surface area contributed by atoms with Crippen LogP contribution < -0.4 is 5.73 Å². The minimum atomic E-state index is -0.132. The molecule has 0 aliphatic rings. The Kier molecular flexibility index (Phi) is 3.12. The molecule has 2 aromatic heterocycles. The van der Waals surface area contributed by atoms with Crippen molar-refractivity contribution in [2.45, 2.75) is 12.5 Å². The Morgan fingerprint density at radius 1 is 1.22 bits per heavy atom. The maximum atomic E-state index is 6.17. The molecule has 4 heteroatoms. The van der Waals surface area contributed by atoms with Crippen LogP contribution in [0.3, 0.4) is 0 Å². The van der Waals surface area contributed by atoms with Crippen molar-refractivity contribution >= 4 is 33.9 Å². The summed E-state index contributed by atoms with van der Waals surface area (Å²) in [4.78, 5) is 1.17. The second-order valence-electron chi connectivity index (χ2n) is 4.20. The van der Waals surface area contributed by atoms with E-state index in [9.17, 15) is 0 Å². The monoisotopic (exact) mass is 277 g/mol. The van der Waals surface area contributed by atoms with Crippen molar-refractivity contribution in [3.05, 3.63) is 57.4 Å². The first kappa shape index (κ1) is 11.8. The van der Waals surface area contributed by atoms with Gasteiger partial charge >= 0.3 is 0 Å². The zero-order chi connectivity index (χ0) is 12.5. The van der Waals surface area contributed by atoms with E-state index in [0.29, 0.717) is 0 Å². The van der Waals surface area contributed by atoms with Gasteiger partial charge in [-0.25, -0.2) is 0 Å². The average Bonchev–Trinajstić information content (AvgIpc) is 2.95. The number of benzene rings is 1. The summed E-state index contributed by atoms with van der Waals surface area (Å²) in [5.41, 5.74) is 7.05. The molecule has 0 fully saturated rings. The summed E-state index contributed by atoms with van der Waals surface area (Å²) in [5.74, 6) is 0.820. The Labute approximate surface area is 114 Å². The molecule has 0 amide bonds. The van der Waals surface area contributed by atoms with Crippen molar-refractivity contribution in [1.29, 1.82) is 0 Å². The molecule has 0 spiro atoms. The van der Waals surface area contributed by atoms with Crippen molar-refractivity contribution in [3.63, 3.8) is 0 Å². The SMILES string of the molecule is NC(Cc1ccc(Cl)s1)c1cc2ccccc2o1. The maximum absolute atomic E-state index is 6.17. The molecule has 0 radical (unpaired) electrons. The number of fused-ring (bicyclic) bond motifs is 1. The fraction of sp³-hybridized carbons (Fsp3) is 0.143. The van der Waals surface area contributed by atoms with E-state index in [1.54, 1.807) is 11.3 Å². The Hall–Kier alpha value is -1.29. The highest BCUT2D eigenvalue weighted by molar-refractivity contribution is 7.16. The van der Waals surface area contributed by atoms with E-state index in [1.165, 1.54) is 4.88 Å². The normalized spacial score (nSPS) is 13.0. The van der Waals surface area contributed by atoms with Gasteiger partial charge in [0.15, 0.2) is 0 Å². The Balaban J connectivity index is 1.85. The minimum Gasteiger partial charge on any atom is -0.459 e. The molecule has 0 bridgehead atoms. The van der Waals surface area contributed by atoms with Crippen LogP contribution in [0, 0.1) is 0 Å². The van der Waals surface area contributed by atoms with Crippen LogP contribution in [-0.4, -0.2) is 0 Å². The molecular weight excluding hydrogens is 266 g/mol. The van der Waals surface area contributed by atoms with Gasteiger partial charge in [-0.2, -0.15) is 0 Å². The number of furan rings is 1. The van der Waals surface area contributed by atoms with Crippen molar-refractivity contribution in [2.24, 2.45) is 5.73 Å². The van der Waals surface area contributed by atoms with Gasteiger partial charge in [-0.15, -0.1) is 11.3 Å². The van der Waals surface area contributed by atoms with Gasteiger partial charge in [0.2, 0.25) is 0 Å². The number of halogens is 1. The molecule has 92 valence electrons. The number of hydrogen-bond donors (Lipinski definition) is 1. The van der Waals surface area contributed by atoms with E-state index in [4.69, 9.17) is 21.8 Å². The maximum Gasteiger partial charge on any atom is 0.134 e. The second-order valence-corrected chi connectivity index (χ2v) is 6.00. The van der Waals surface area contributed by atoms with E-state index in [0.717, 1.165) is 27.5 Å². The molecule has 1 aromatic carbocycles. The molecule has 0 saturated heterocycles. The third-order valence-corrected chi connectivity index (χ3v) is 4.11. The summed E-state index contributed by atoms with van der Waals surface area (Å²) in [6, 6.07) is 13.7. The van der Waals surface area contributed by atoms with Crippen LogP contribution in [-0.2, 0) is 6.42 Å². The Morgan fingerprint density at radius 3 is 2.78 bits per heavy atom. The van der Waals surface area contributed by atoms with E-state index < -0.39 is 0 Å². The second kappa shape index (κ2) is 4.76. The average molecular weight is 278 g/mol.